The molecule has 0 atom stereocenters. The molecule has 0 bridgehead atoms. The van der Waals surface area contributed by atoms with Gasteiger partial charge in [0, 0.05) is 11.5 Å². The third kappa shape index (κ3) is 2.71. The first-order chi connectivity index (χ1) is 10.0. The van der Waals surface area contributed by atoms with Gasteiger partial charge in [-0.2, -0.15) is 0 Å². The van der Waals surface area contributed by atoms with Crippen LogP contribution in [-0.4, -0.2) is 4.98 Å². The molecule has 2 nitrogen and oxygen atoms in total. The summed E-state index contributed by atoms with van der Waals surface area (Å²) in [5.41, 5.74) is 2.39. The Kier molecular flexibility index (Phi) is 3.54. The Morgan fingerprint density at radius 2 is 1.62 bits per heavy atom. The van der Waals surface area contributed by atoms with Crippen molar-refractivity contribution in [2.45, 2.75) is 39.5 Å². The highest BCUT2D eigenvalue weighted by atomic mass is 16.4. The van der Waals surface area contributed by atoms with Gasteiger partial charge in [-0.1, -0.05) is 52.0 Å². The molecule has 1 aromatic heterocycles. The fourth-order valence-corrected chi connectivity index (χ4v) is 2.44. The summed E-state index contributed by atoms with van der Waals surface area (Å²) in [4.78, 5) is 4.41. The number of aromatic nitrogens is 1. The second-order valence-corrected chi connectivity index (χ2v) is 6.20. The normalized spacial score (nSPS) is 11.7. The number of hydrogen-bond acceptors (Lipinski definition) is 2. The molecule has 3 aromatic rings. The first-order valence-electron chi connectivity index (χ1n) is 7.54. The van der Waals surface area contributed by atoms with Gasteiger partial charge in [-0.25, -0.2) is 4.98 Å². The van der Waals surface area contributed by atoms with Gasteiger partial charge in [0.2, 0.25) is 5.89 Å². The van der Waals surface area contributed by atoms with Crippen molar-refractivity contribution in [2.75, 3.05) is 0 Å². The Morgan fingerprint density at radius 1 is 0.857 bits per heavy atom. The van der Waals surface area contributed by atoms with Crippen molar-refractivity contribution in [1.82, 2.24) is 4.98 Å². The molecule has 0 N–H and O–H groups in total. The number of oxazole rings is 1. The van der Waals surface area contributed by atoms with Gasteiger partial charge in [-0.15, -0.1) is 0 Å². The third-order valence-corrected chi connectivity index (χ3v) is 3.87. The van der Waals surface area contributed by atoms with Crippen molar-refractivity contribution in [3.05, 3.63) is 53.9 Å². The number of benzene rings is 2. The Hall–Kier alpha value is -2.09. The maximum atomic E-state index is 5.85. The summed E-state index contributed by atoms with van der Waals surface area (Å²) in [6, 6.07) is 13.0. The zero-order valence-corrected chi connectivity index (χ0v) is 13.1. The molecule has 2 heteroatoms. The van der Waals surface area contributed by atoms with E-state index >= 15 is 0 Å². The highest BCUT2D eigenvalue weighted by molar-refractivity contribution is 5.87. The number of rotatable bonds is 3. The van der Waals surface area contributed by atoms with Crippen molar-refractivity contribution in [3.63, 3.8) is 0 Å². The van der Waals surface area contributed by atoms with Gasteiger partial charge in [0.25, 0.3) is 0 Å². The minimum absolute atomic E-state index is 0.360. The second-order valence-electron chi connectivity index (χ2n) is 6.20. The van der Waals surface area contributed by atoms with E-state index in [9.17, 15) is 0 Å². The van der Waals surface area contributed by atoms with Crippen LogP contribution in [0.15, 0.2) is 47.0 Å². The molecule has 3 rings (SSSR count). The predicted octanol–water partition coefficient (Wildman–Crippen LogP) is 5.74. The van der Waals surface area contributed by atoms with Gasteiger partial charge >= 0.3 is 0 Å². The van der Waals surface area contributed by atoms with Crippen LogP contribution in [0.3, 0.4) is 0 Å². The zero-order valence-electron chi connectivity index (χ0n) is 13.1. The molecule has 0 spiro atoms. The summed E-state index contributed by atoms with van der Waals surface area (Å²) in [6.07, 6.45) is 1.83. The summed E-state index contributed by atoms with van der Waals surface area (Å²) in [7, 11) is 0. The molecule has 0 radical (unpaired) electrons. The smallest absolute Gasteiger partial charge is 0.226 e. The van der Waals surface area contributed by atoms with Crippen molar-refractivity contribution in [1.29, 1.82) is 0 Å². The molecule has 0 aliphatic heterocycles. The molecule has 0 fully saturated rings. The monoisotopic (exact) mass is 279 g/mol. The molecule has 0 unspecified atom stereocenters. The van der Waals surface area contributed by atoms with E-state index in [4.69, 9.17) is 4.42 Å². The van der Waals surface area contributed by atoms with Crippen LogP contribution in [0.25, 0.3) is 22.2 Å². The van der Waals surface area contributed by atoms with Crippen LogP contribution >= 0.6 is 0 Å². The molecule has 21 heavy (non-hydrogen) atoms. The minimum Gasteiger partial charge on any atom is -0.441 e. The van der Waals surface area contributed by atoms with Crippen LogP contribution in [0.5, 0.6) is 0 Å². The molecule has 1 heterocycles. The Morgan fingerprint density at radius 3 is 2.29 bits per heavy atom. The first-order valence-corrected chi connectivity index (χ1v) is 7.54. The molecular formula is C19H21NO. The third-order valence-electron chi connectivity index (χ3n) is 3.87. The maximum Gasteiger partial charge on any atom is 0.226 e. The van der Waals surface area contributed by atoms with Gasteiger partial charge in [0.15, 0.2) is 0 Å². The summed E-state index contributed by atoms with van der Waals surface area (Å²) in [5.74, 6) is 2.53. The number of fused-ring (bicyclic) bond motifs is 1. The van der Waals surface area contributed by atoms with Crippen LogP contribution < -0.4 is 0 Å². The largest absolute Gasteiger partial charge is 0.441 e. The van der Waals surface area contributed by atoms with Gasteiger partial charge < -0.3 is 4.42 Å². The Balaban J connectivity index is 2.06. The number of nitrogens with zero attached hydrogens (tertiary/aromatic N) is 1. The second kappa shape index (κ2) is 5.36. The van der Waals surface area contributed by atoms with Crippen molar-refractivity contribution in [2.24, 2.45) is 0 Å². The van der Waals surface area contributed by atoms with Crippen LogP contribution in [0.2, 0.25) is 0 Å². The fraction of sp³-hybridized carbons (Fsp3) is 0.316. The van der Waals surface area contributed by atoms with Crippen LogP contribution in [0.4, 0.5) is 0 Å². The summed E-state index contributed by atoms with van der Waals surface area (Å²) in [5, 5.41) is 2.49. The molecule has 0 amide bonds. The van der Waals surface area contributed by atoms with Crippen LogP contribution in [0.1, 0.15) is 50.9 Å². The lowest BCUT2D eigenvalue weighted by Crippen LogP contribution is -1.87. The SMILES string of the molecule is CC(C)c1ccc2ccc(-c3ncc(C(C)C)o3)cc2c1. The van der Waals surface area contributed by atoms with E-state index < -0.39 is 0 Å². The summed E-state index contributed by atoms with van der Waals surface area (Å²) < 4.78 is 5.85. The zero-order chi connectivity index (χ0) is 15.0. The topological polar surface area (TPSA) is 26.0 Å². The van der Waals surface area contributed by atoms with Gasteiger partial charge in [0.05, 0.1) is 6.20 Å². The fourth-order valence-electron chi connectivity index (χ4n) is 2.44. The van der Waals surface area contributed by atoms with Crippen molar-refractivity contribution in [3.8, 4) is 11.5 Å². The van der Waals surface area contributed by atoms with E-state index in [1.165, 1.54) is 16.3 Å². The molecule has 2 aromatic carbocycles. The predicted molar refractivity (Wildman–Crippen MR) is 87.6 cm³/mol. The highest BCUT2D eigenvalue weighted by Crippen LogP contribution is 2.28. The summed E-state index contributed by atoms with van der Waals surface area (Å²) >= 11 is 0. The molecule has 0 saturated carbocycles. The van der Waals surface area contributed by atoms with E-state index in [0.717, 1.165) is 11.3 Å². The molecule has 0 aliphatic carbocycles. The lowest BCUT2D eigenvalue weighted by molar-refractivity contribution is 0.495. The highest BCUT2D eigenvalue weighted by Gasteiger charge is 2.10. The quantitative estimate of drug-likeness (QED) is 0.611. The van der Waals surface area contributed by atoms with E-state index in [2.05, 4.69) is 69.1 Å². The first kappa shape index (κ1) is 13.9. The average molecular weight is 279 g/mol. The molecule has 0 saturated heterocycles. The van der Waals surface area contributed by atoms with Crippen molar-refractivity contribution >= 4 is 10.8 Å². The van der Waals surface area contributed by atoms with Crippen LogP contribution in [0, 0.1) is 0 Å². The Labute approximate surface area is 125 Å². The Bertz CT molecular complexity index is 768. The molecule has 108 valence electrons. The lowest BCUT2D eigenvalue weighted by atomic mass is 9.98. The van der Waals surface area contributed by atoms with Gasteiger partial charge in [-0.05, 0) is 34.4 Å². The van der Waals surface area contributed by atoms with E-state index in [-0.39, 0.29) is 0 Å². The summed E-state index contributed by atoms with van der Waals surface area (Å²) in [6.45, 7) is 8.65. The van der Waals surface area contributed by atoms with Crippen molar-refractivity contribution < 1.29 is 4.42 Å². The lowest BCUT2D eigenvalue weighted by Gasteiger charge is -2.07. The standard InChI is InChI=1S/C19H21NO/c1-12(2)15-7-5-14-6-8-16(10-17(14)9-15)19-20-11-18(21-19)13(3)4/h5-13H,1-4H3. The van der Waals surface area contributed by atoms with Gasteiger partial charge in [-0.3, -0.25) is 0 Å². The molecular weight excluding hydrogens is 258 g/mol. The van der Waals surface area contributed by atoms with E-state index in [0.29, 0.717) is 17.7 Å². The molecule has 0 aliphatic rings. The minimum atomic E-state index is 0.360. The van der Waals surface area contributed by atoms with E-state index in [1.807, 2.05) is 6.20 Å². The van der Waals surface area contributed by atoms with E-state index in [1.54, 1.807) is 0 Å². The maximum absolute atomic E-state index is 5.85. The number of hydrogen-bond donors (Lipinski definition) is 0. The van der Waals surface area contributed by atoms with Gasteiger partial charge in [0.1, 0.15) is 5.76 Å². The average Bonchev–Trinajstić information content (AvgIpc) is 2.96. The van der Waals surface area contributed by atoms with Crippen LogP contribution in [-0.2, 0) is 0 Å².